The fourth-order valence-electron chi connectivity index (χ4n) is 9.47. The molecule has 2 aromatic carbocycles. The number of benzene rings is 2. The summed E-state index contributed by atoms with van der Waals surface area (Å²) in [6.45, 7) is 13.3. The number of carbonyl (C=O) groups is 2. The number of nitrogens with two attached hydrogens (primary N) is 1. The first kappa shape index (κ1) is 49.7. The number of amides is 2. The normalized spacial score (nSPS) is 18.8. The molecule has 0 saturated carbocycles. The fourth-order valence-corrected chi connectivity index (χ4v) is 10.3. The van der Waals surface area contributed by atoms with Crippen LogP contribution in [-0.2, 0) is 30.3 Å². The number of phenolic OH excluding ortho intramolecular Hbond substituents is 1. The van der Waals surface area contributed by atoms with Gasteiger partial charge in [0.15, 0.2) is 11.6 Å². The number of phenols is 1. The van der Waals surface area contributed by atoms with Gasteiger partial charge in [0.1, 0.15) is 24.3 Å². The van der Waals surface area contributed by atoms with E-state index in [-0.39, 0.29) is 54.5 Å². The van der Waals surface area contributed by atoms with E-state index in [0.717, 1.165) is 85.8 Å². The fraction of sp³-hybridized carbons (Fsp3) is 0.520. The summed E-state index contributed by atoms with van der Waals surface area (Å²) in [6, 6.07) is 17.8. The Bertz CT molecular complexity index is 2460. The summed E-state index contributed by atoms with van der Waals surface area (Å²) in [7, 11) is 0. The molecule has 18 nitrogen and oxygen atoms in total. The van der Waals surface area contributed by atoms with E-state index in [0.29, 0.717) is 62.4 Å². The summed E-state index contributed by atoms with van der Waals surface area (Å²) >= 11 is 1.59. The van der Waals surface area contributed by atoms with Crippen LogP contribution >= 0.6 is 11.3 Å². The van der Waals surface area contributed by atoms with Gasteiger partial charge in [-0.2, -0.15) is 0 Å². The molecule has 5 N–H and O–H groups in total. The topological polar surface area (TPSA) is 224 Å². The number of nitrogens with zero attached hydrogens (tertiary/aromatic N) is 7. The zero-order valence-electron chi connectivity index (χ0n) is 39.8. The number of aromatic nitrogens is 4. The second kappa shape index (κ2) is 23.3. The van der Waals surface area contributed by atoms with Gasteiger partial charge in [-0.25, -0.2) is 4.98 Å². The highest BCUT2D eigenvalue weighted by Gasteiger charge is 2.44. The van der Waals surface area contributed by atoms with E-state index >= 15 is 0 Å². The Hall–Kier alpha value is -5.70. The first-order chi connectivity index (χ1) is 33.5. The molecule has 69 heavy (non-hydrogen) atoms. The van der Waals surface area contributed by atoms with Gasteiger partial charge < -0.3 is 54.5 Å². The van der Waals surface area contributed by atoms with Crippen molar-refractivity contribution < 1.29 is 43.3 Å². The van der Waals surface area contributed by atoms with Crippen LogP contribution in [0.25, 0.3) is 21.7 Å². The van der Waals surface area contributed by atoms with Crippen molar-refractivity contribution in [2.75, 3.05) is 89.5 Å². The van der Waals surface area contributed by atoms with E-state index in [1.807, 2.05) is 68.7 Å². The average Bonchev–Trinajstić information content (AvgIpc) is 4.11. The third-order valence-electron chi connectivity index (χ3n) is 13.2. The maximum Gasteiger partial charge on any atom is 0.254 e. The number of anilines is 2. The number of aliphatic hydroxyl groups is 1. The van der Waals surface area contributed by atoms with Crippen LogP contribution in [0.4, 0.5) is 11.5 Å². The largest absolute Gasteiger partial charge is 0.507 e. The number of carbonyl (C=O) groups excluding carboxylic acids is 2. The molecule has 2 amide bonds. The van der Waals surface area contributed by atoms with Gasteiger partial charge in [-0.05, 0) is 79.6 Å². The third-order valence-corrected chi connectivity index (χ3v) is 14.2. The Morgan fingerprint density at radius 3 is 2.51 bits per heavy atom. The van der Waals surface area contributed by atoms with E-state index < -0.39 is 18.1 Å². The van der Waals surface area contributed by atoms with Crippen LogP contribution in [0.3, 0.4) is 0 Å². The molecule has 3 aliphatic heterocycles. The average molecular weight is 968 g/mol. The second-order valence-electron chi connectivity index (χ2n) is 18.5. The van der Waals surface area contributed by atoms with Crippen molar-refractivity contribution in [1.82, 2.24) is 35.5 Å². The highest BCUT2D eigenvalue weighted by atomic mass is 32.1. The van der Waals surface area contributed by atoms with Crippen molar-refractivity contribution in [2.45, 2.75) is 83.1 Å². The minimum Gasteiger partial charge on any atom is -0.507 e. The highest BCUT2D eigenvalue weighted by molar-refractivity contribution is 7.13. The maximum atomic E-state index is 14.0. The van der Waals surface area contributed by atoms with E-state index in [4.69, 9.17) is 29.2 Å². The van der Waals surface area contributed by atoms with Gasteiger partial charge in [0.25, 0.3) is 5.88 Å². The summed E-state index contributed by atoms with van der Waals surface area (Å²) in [4.78, 5) is 39.1. The zero-order valence-corrected chi connectivity index (χ0v) is 40.6. The van der Waals surface area contributed by atoms with Gasteiger partial charge in [-0.3, -0.25) is 14.5 Å². The Morgan fingerprint density at radius 2 is 1.75 bits per heavy atom. The number of aromatic hydroxyl groups is 1. The second-order valence-corrected chi connectivity index (χ2v) is 19.3. The lowest BCUT2D eigenvalue weighted by Crippen LogP contribution is -2.57. The summed E-state index contributed by atoms with van der Waals surface area (Å²) < 4.78 is 29.4. The molecule has 0 bridgehead atoms. The molecule has 0 aliphatic carbocycles. The summed E-state index contributed by atoms with van der Waals surface area (Å²) in [5, 5.41) is 36.4. The smallest absolute Gasteiger partial charge is 0.254 e. The van der Waals surface area contributed by atoms with Gasteiger partial charge >= 0.3 is 0 Å². The van der Waals surface area contributed by atoms with Gasteiger partial charge in [-0.15, -0.1) is 21.5 Å². The van der Waals surface area contributed by atoms with Crippen molar-refractivity contribution in [3.8, 4) is 33.3 Å². The van der Waals surface area contributed by atoms with E-state index in [9.17, 15) is 19.8 Å². The number of para-hydroxylation sites is 1. The SMILES string of the molecule is Cc1ncsc1-c1ccc(CNC(=O)[C@@H]2C[C@@H](O)CN2C(=O)[C@H](c2cc(OCCOCCOCCCCN3CCOC4(CCN(c5cc(-c6ccccc6O)nnc5N)CC4)C3)no2)C(C)C)cc1. The summed E-state index contributed by atoms with van der Waals surface area (Å²) in [5.74, 6) is -0.448. The molecule has 0 unspecified atom stereocenters. The van der Waals surface area contributed by atoms with E-state index in [2.05, 4.69) is 35.5 Å². The number of hydrogen-bond donors (Lipinski definition) is 4. The van der Waals surface area contributed by atoms with E-state index in [1.165, 1.54) is 4.90 Å². The lowest BCUT2D eigenvalue weighted by Gasteiger charge is -2.48. The lowest BCUT2D eigenvalue weighted by molar-refractivity contribution is -0.141. The number of unbranched alkanes of at least 4 members (excludes halogenated alkanes) is 1. The van der Waals surface area contributed by atoms with Crippen LogP contribution < -0.4 is 20.7 Å². The number of hydrogen-bond acceptors (Lipinski definition) is 17. The molecule has 6 heterocycles. The number of thiazole rings is 1. The van der Waals surface area contributed by atoms with Crippen LogP contribution in [-0.4, -0.2) is 149 Å². The molecule has 1 spiro atoms. The number of β-amino-alcohol motifs (C(OH)–C–C–N with tert-alkyl or cyclic N) is 1. The molecule has 370 valence electrons. The van der Waals surface area contributed by atoms with Crippen LogP contribution in [0.5, 0.6) is 11.6 Å². The van der Waals surface area contributed by atoms with Crippen molar-refractivity contribution in [3.63, 3.8) is 0 Å². The van der Waals surface area contributed by atoms with Gasteiger partial charge in [0.05, 0.1) is 65.6 Å². The Morgan fingerprint density at radius 1 is 0.986 bits per heavy atom. The predicted molar refractivity (Wildman–Crippen MR) is 261 cm³/mol. The molecule has 0 radical (unpaired) electrons. The molecule has 3 atom stereocenters. The first-order valence-corrected chi connectivity index (χ1v) is 24.9. The van der Waals surface area contributed by atoms with Gasteiger partial charge in [0.2, 0.25) is 11.8 Å². The van der Waals surface area contributed by atoms with Crippen molar-refractivity contribution in [3.05, 3.63) is 83.2 Å². The Balaban J connectivity index is 0.692. The van der Waals surface area contributed by atoms with Crippen LogP contribution in [0.1, 0.15) is 68.9 Å². The molecular weight excluding hydrogens is 903 g/mol. The molecule has 3 saturated heterocycles. The number of rotatable bonds is 21. The highest BCUT2D eigenvalue weighted by Crippen LogP contribution is 2.37. The standard InChI is InChI=1S/C50H65N9O9S/c1-33(2)45(49(63)59-30-37(60)26-41(59)48(62)52-29-35-10-12-36(13-11-35)46-34(3)53-32-69-46)43-28-44(56-68-43)66-25-24-65-23-22-64-20-7-6-16-57-19-21-67-50(31-57)14-17-58(18-15-50)40-27-39(54-55-47(40)51)38-8-4-5-9-42(38)61/h4-5,8-13,27-28,32-33,37,41,45,60-61H,6-7,14-26,29-31H2,1-3H3,(H2,51,55)(H,52,62)/t37-,41+,45+/m1/s1. The van der Waals surface area contributed by atoms with Gasteiger partial charge in [0, 0.05) is 63.9 Å². The van der Waals surface area contributed by atoms with Gasteiger partial charge in [-0.1, -0.05) is 50.2 Å². The summed E-state index contributed by atoms with van der Waals surface area (Å²) in [6.07, 6.45) is 3.05. The molecule has 3 aliphatic rings. The minimum atomic E-state index is -0.822. The van der Waals surface area contributed by atoms with Crippen molar-refractivity contribution in [2.24, 2.45) is 5.92 Å². The minimum absolute atomic E-state index is 0.0487. The number of aliphatic hydroxyl groups excluding tert-OH is 1. The third kappa shape index (κ3) is 12.6. The van der Waals surface area contributed by atoms with Crippen LogP contribution in [0.2, 0.25) is 0 Å². The molecule has 3 aromatic heterocycles. The summed E-state index contributed by atoms with van der Waals surface area (Å²) in [5.41, 5.74) is 12.9. The molecule has 3 fully saturated rings. The number of ether oxygens (including phenoxy) is 4. The lowest BCUT2D eigenvalue weighted by atomic mass is 9.89. The maximum absolute atomic E-state index is 14.0. The number of aryl methyl sites for hydroxylation is 1. The van der Waals surface area contributed by atoms with Crippen molar-refractivity contribution >= 4 is 34.7 Å². The number of morpholine rings is 1. The molecule has 19 heteroatoms. The molecule has 5 aromatic rings. The Labute approximate surface area is 407 Å². The quantitative estimate of drug-likeness (QED) is 0.0673. The zero-order chi connectivity index (χ0) is 48.3. The number of nitrogens with one attached hydrogen (secondary N) is 1. The van der Waals surface area contributed by atoms with Crippen molar-refractivity contribution in [1.29, 1.82) is 0 Å². The monoisotopic (exact) mass is 967 g/mol. The molecule has 8 rings (SSSR count). The number of nitrogen functional groups attached to an aromatic ring is 1. The number of likely N-dealkylation sites (tertiary alicyclic amines) is 1. The van der Waals surface area contributed by atoms with E-state index in [1.54, 1.807) is 29.5 Å². The first-order valence-electron chi connectivity index (χ1n) is 24.0. The van der Waals surface area contributed by atoms with Crippen LogP contribution in [0, 0.1) is 12.8 Å². The Kier molecular flexibility index (Phi) is 16.8. The predicted octanol–water partition coefficient (Wildman–Crippen LogP) is 5.43. The molecular formula is C50H65N9O9S. The number of piperidine rings is 1. The van der Waals surface area contributed by atoms with Crippen LogP contribution in [0.15, 0.2) is 70.7 Å².